The highest BCUT2D eigenvalue weighted by Gasteiger charge is 2.26. The van der Waals surface area contributed by atoms with E-state index in [-0.39, 0.29) is 17.5 Å². The summed E-state index contributed by atoms with van der Waals surface area (Å²) in [5, 5.41) is 2.97. The summed E-state index contributed by atoms with van der Waals surface area (Å²) in [7, 11) is -2.90. The molecule has 1 saturated heterocycles. The maximum absolute atomic E-state index is 11.8. The second-order valence-electron chi connectivity index (χ2n) is 4.57. The van der Waals surface area contributed by atoms with Crippen molar-refractivity contribution in [3.05, 3.63) is 0 Å². The number of hydrogen-bond donors (Lipinski definition) is 1. The molecule has 6 heteroatoms. The highest BCUT2D eigenvalue weighted by Crippen LogP contribution is 2.18. The van der Waals surface area contributed by atoms with Gasteiger partial charge in [-0.3, -0.25) is 0 Å². The van der Waals surface area contributed by atoms with Crippen LogP contribution in [0.5, 0.6) is 0 Å². The summed E-state index contributed by atoms with van der Waals surface area (Å²) in [6.45, 7) is 0.668. The lowest BCUT2D eigenvalue weighted by Gasteiger charge is -2.28. The van der Waals surface area contributed by atoms with Crippen molar-refractivity contribution in [2.45, 2.75) is 31.7 Å². The third kappa shape index (κ3) is 2.87. The molecule has 1 saturated carbocycles. The minimum atomic E-state index is -2.90. The van der Waals surface area contributed by atoms with Crippen molar-refractivity contribution in [2.24, 2.45) is 0 Å². The van der Waals surface area contributed by atoms with Gasteiger partial charge in [0.05, 0.1) is 11.5 Å². The van der Waals surface area contributed by atoms with E-state index in [0.717, 1.165) is 12.8 Å². The van der Waals surface area contributed by atoms with Crippen molar-refractivity contribution < 1.29 is 13.2 Å². The van der Waals surface area contributed by atoms with Gasteiger partial charge < -0.3 is 10.2 Å². The fourth-order valence-electron chi connectivity index (χ4n) is 2.25. The molecule has 1 aliphatic heterocycles. The van der Waals surface area contributed by atoms with Gasteiger partial charge in [0.25, 0.3) is 0 Å². The lowest BCUT2D eigenvalue weighted by Crippen LogP contribution is -2.50. The summed E-state index contributed by atoms with van der Waals surface area (Å²) in [6.07, 6.45) is 4.47. The molecule has 1 heterocycles. The molecular formula is C10H18N2O3S. The summed E-state index contributed by atoms with van der Waals surface area (Å²) in [5.41, 5.74) is 0. The number of amides is 2. The van der Waals surface area contributed by atoms with Crippen molar-refractivity contribution in [1.29, 1.82) is 0 Å². The molecule has 0 spiro atoms. The van der Waals surface area contributed by atoms with Crippen molar-refractivity contribution in [2.75, 3.05) is 24.6 Å². The van der Waals surface area contributed by atoms with E-state index in [9.17, 15) is 13.2 Å². The van der Waals surface area contributed by atoms with Crippen LogP contribution in [-0.4, -0.2) is 50.0 Å². The van der Waals surface area contributed by atoms with Crippen LogP contribution in [-0.2, 0) is 9.84 Å². The van der Waals surface area contributed by atoms with E-state index in [1.807, 2.05) is 0 Å². The average molecular weight is 246 g/mol. The fourth-order valence-corrected chi connectivity index (χ4v) is 3.45. The third-order valence-corrected chi connectivity index (χ3v) is 4.92. The Morgan fingerprint density at radius 1 is 1.12 bits per heavy atom. The number of carbonyl (C=O) groups is 1. The Kier molecular flexibility index (Phi) is 3.37. The maximum Gasteiger partial charge on any atom is 0.317 e. The zero-order valence-electron chi connectivity index (χ0n) is 9.31. The molecule has 0 atom stereocenters. The molecule has 0 radical (unpaired) electrons. The Bertz CT molecular complexity index is 346. The van der Waals surface area contributed by atoms with E-state index in [1.54, 1.807) is 4.90 Å². The average Bonchev–Trinajstić information content (AvgIpc) is 2.70. The second-order valence-corrected chi connectivity index (χ2v) is 6.87. The second kappa shape index (κ2) is 4.61. The Morgan fingerprint density at radius 2 is 1.69 bits per heavy atom. The van der Waals surface area contributed by atoms with Crippen LogP contribution in [0.2, 0.25) is 0 Å². The standard InChI is InChI=1S/C10H18N2O3S/c13-10(11-9-3-1-2-4-9)12-5-7-16(14,15)8-6-12/h9H,1-8H2,(H,11,13). The molecule has 2 rings (SSSR count). The van der Waals surface area contributed by atoms with E-state index >= 15 is 0 Å². The van der Waals surface area contributed by atoms with Crippen LogP contribution < -0.4 is 5.32 Å². The normalized spacial score (nSPS) is 25.6. The third-order valence-electron chi connectivity index (χ3n) is 3.31. The van der Waals surface area contributed by atoms with Crippen molar-refractivity contribution in [3.8, 4) is 0 Å². The summed E-state index contributed by atoms with van der Waals surface area (Å²) >= 11 is 0. The summed E-state index contributed by atoms with van der Waals surface area (Å²) in [4.78, 5) is 13.4. The minimum absolute atomic E-state index is 0.0956. The molecule has 16 heavy (non-hydrogen) atoms. The Balaban J connectivity index is 1.82. The predicted molar refractivity (Wildman–Crippen MR) is 61.0 cm³/mol. The van der Waals surface area contributed by atoms with Crippen LogP contribution in [0.25, 0.3) is 0 Å². The molecule has 0 aromatic rings. The Hall–Kier alpha value is -0.780. The Morgan fingerprint density at radius 3 is 2.25 bits per heavy atom. The predicted octanol–water partition coefficient (Wildman–Crippen LogP) is 0.369. The minimum Gasteiger partial charge on any atom is -0.335 e. The SMILES string of the molecule is O=C(NC1CCCC1)N1CCS(=O)(=O)CC1. The van der Waals surface area contributed by atoms with Crippen LogP contribution in [0, 0.1) is 0 Å². The molecule has 92 valence electrons. The van der Waals surface area contributed by atoms with Crippen LogP contribution >= 0.6 is 0 Å². The molecular weight excluding hydrogens is 228 g/mol. The number of hydrogen-bond acceptors (Lipinski definition) is 3. The van der Waals surface area contributed by atoms with E-state index < -0.39 is 9.84 Å². The van der Waals surface area contributed by atoms with E-state index in [0.29, 0.717) is 19.1 Å². The first-order chi connectivity index (χ1) is 7.57. The Labute approximate surface area is 96.1 Å². The molecule has 0 unspecified atom stereocenters. The molecule has 2 fully saturated rings. The zero-order valence-corrected chi connectivity index (χ0v) is 10.1. The first kappa shape index (κ1) is 11.7. The summed E-state index contributed by atoms with van der Waals surface area (Å²) < 4.78 is 22.4. The number of sulfone groups is 1. The number of carbonyl (C=O) groups excluding carboxylic acids is 1. The van der Waals surface area contributed by atoms with Crippen LogP contribution in [0.15, 0.2) is 0 Å². The van der Waals surface area contributed by atoms with E-state index in [1.165, 1.54) is 12.8 Å². The lowest BCUT2D eigenvalue weighted by atomic mass is 10.2. The number of nitrogens with one attached hydrogen (secondary N) is 1. The van der Waals surface area contributed by atoms with Crippen molar-refractivity contribution >= 4 is 15.9 Å². The monoisotopic (exact) mass is 246 g/mol. The number of urea groups is 1. The van der Waals surface area contributed by atoms with Crippen LogP contribution in [0.3, 0.4) is 0 Å². The van der Waals surface area contributed by atoms with Gasteiger partial charge in [0.15, 0.2) is 9.84 Å². The molecule has 0 bridgehead atoms. The smallest absolute Gasteiger partial charge is 0.317 e. The highest BCUT2D eigenvalue weighted by atomic mass is 32.2. The summed E-state index contributed by atoms with van der Waals surface area (Å²) in [5.74, 6) is 0.205. The molecule has 5 nitrogen and oxygen atoms in total. The molecule has 0 aromatic heterocycles. The van der Waals surface area contributed by atoms with Gasteiger partial charge in [-0.25, -0.2) is 13.2 Å². The number of rotatable bonds is 1. The van der Waals surface area contributed by atoms with Gasteiger partial charge in [0, 0.05) is 19.1 Å². The van der Waals surface area contributed by atoms with Gasteiger partial charge >= 0.3 is 6.03 Å². The van der Waals surface area contributed by atoms with Gasteiger partial charge in [-0.05, 0) is 12.8 Å². The van der Waals surface area contributed by atoms with Crippen LogP contribution in [0.1, 0.15) is 25.7 Å². The quantitative estimate of drug-likeness (QED) is 0.727. The highest BCUT2D eigenvalue weighted by molar-refractivity contribution is 7.91. The largest absolute Gasteiger partial charge is 0.335 e. The van der Waals surface area contributed by atoms with Gasteiger partial charge in [-0.15, -0.1) is 0 Å². The molecule has 1 N–H and O–H groups in total. The van der Waals surface area contributed by atoms with Gasteiger partial charge in [-0.2, -0.15) is 0 Å². The van der Waals surface area contributed by atoms with Gasteiger partial charge in [0.1, 0.15) is 0 Å². The zero-order chi connectivity index (χ0) is 11.6. The number of nitrogens with zero attached hydrogens (tertiary/aromatic N) is 1. The maximum atomic E-state index is 11.8. The van der Waals surface area contributed by atoms with E-state index in [4.69, 9.17) is 0 Å². The molecule has 0 aromatic carbocycles. The fraction of sp³-hybridized carbons (Fsp3) is 0.900. The van der Waals surface area contributed by atoms with Crippen molar-refractivity contribution in [1.82, 2.24) is 10.2 Å². The first-order valence-corrected chi connectivity index (χ1v) is 7.65. The molecule has 2 aliphatic rings. The van der Waals surface area contributed by atoms with Gasteiger partial charge in [-0.1, -0.05) is 12.8 Å². The molecule has 2 amide bonds. The molecule has 1 aliphatic carbocycles. The van der Waals surface area contributed by atoms with Crippen LogP contribution in [0.4, 0.5) is 4.79 Å². The first-order valence-electron chi connectivity index (χ1n) is 5.83. The van der Waals surface area contributed by atoms with Crippen molar-refractivity contribution in [3.63, 3.8) is 0 Å². The van der Waals surface area contributed by atoms with E-state index in [2.05, 4.69) is 5.32 Å². The summed E-state index contributed by atoms with van der Waals surface area (Å²) in [6, 6.07) is 0.202. The topological polar surface area (TPSA) is 66.5 Å². The van der Waals surface area contributed by atoms with Gasteiger partial charge in [0.2, 0.25) is 0 Å². The lowest BCUT2D eigenvalue weighted by molar-refractivity contribution is 0.198.